The first-order valence-corrected chi connectivity index (χ1v) is 7.41. The van der Waals surface area contributed by atoms with Crippen LogP contribution in [0.5, 0.6) is 0 Å². The van der Waals surface area contributed by atoms with Crippen molar-refractivity contribution in [2.75, 3.05) is 26.2 Å². The highest BCUT2D eigenvalue weighted by atomic mass is 16.3. The Labute approximate surface area is 124 Å². The number of likely N-dealkylation sites (tertiary alicyclic amines) is 1. The summed E-state index contributed by atoms with van der Waals surface area (Å²) in [4.78, 5) is 15.8. The molecule has 1 saturated heterocycles. The van der Waals surface area contributed by atoms with E-state index in [9.17, 15) is 0 Å². The number of hydrogen-bond donors (Lipinski definition) is 1. The first kappa shape index (κ1) is 14.2. The zero-order valence-corrected chi connectivity index (χ0v) is 12.3. The molecule has 1 N–H and O–H groups in total. The Morgan fingerprint density at radius 2 is 1.90 bits per heavy atom. The highest BCUT2D eigenvalue weighted by Gasteiger charge is 2.25. The van der Waals surface area contributed by atoms with E-state index in [2.05, 4.69) is 19.9 Å². The van der Waals surface area contributed by atoms with Gasteiger partial charge in [0.25, 0.3) is 0 Å². The first-order chi connectivity index (χ1) is 10.3. The quantitative estimate of drug-likeness (QED) is 0.910. The maximum atomic E-state index is 9.03. The lowest BCUT2D eigenvalue weighted by molar-refractivity contribution is 0.163. The molecule has 3 heterocycles. The average molecular weight is 287 g/mol. The molecular formula is C15H21N5O. The fourth-order valence-electron chi connectivity index (χ4n) is 2.99. The smallest absolute Gasteiger partial charge is 0.160 e. The first-order valence-electron chi connectivity index (χ1n) is 7.41. The second-order valence-corrected chi connectivity index (χ2v) is 5.49. The molecule has 0 aromatic carbocycles. The molecule has 0 saturated carbocycles. The van der Waals surface area contributed by atoms with E-state index in [0.29, 0.717) is 5.92 Å². The molecule has 6 nitrogen and oxygen atoms in total. The van der Waals surface area contributed by atoms with Crippen LogP contribution in [0, 0.1) is 0 Å². The lowest BCUT2D eigenvalue weighted by atomic mass is 9.91. The van der Waals surface area contributed by atoms with Crippen LogP contribution in [0.3, 0.4) is 0 Å². The topological polar surface area (TPSA) is 67.1 Å². The Morgan fingerprint density at radius 3 is 2.57 bits per heavy atom. The molecule has 0 aliphatic carbocycles. The van der Waals surface area contributed by atoms with Gasteiger partial charge in [0.1, 0.15) is 5.69 Å². The number of aryl methyl sites for hydroxylation is 1. The van der Waals surface area contributed by atoms with Crippen LogP contribution in [0.1, 0.15) is 24.5 Å². The van der Waals surface area contributed by atoms with Crippen molar-refractivity contribution in [2.24, 2.45) is 7.05 Å². The summed E-state index contributed by atoms with van der Waals surface area (Å²) in [6.45, 7) is 3.00. The van der Waals surface area contributed by atoms with Crippen LogP contribution in [0.15, 0.2) is 24.8 Å². The number of rotatable bonds is 4. The van der Waals surface area contributed by atoms with E-state index in [1.165, 1.54) is 0 Å². The molecule has 0 unspecified atom stereocenters. The van der Waals surface area contributed by atoms with Crippen LogP contribution in [0.2, 0.25) is 0 Å². The van der Waals surface area contributed by atoms with Crippen molar-refractivity contribution in [3.05, 3.63) is 30.5 Å². The van der Waals surface area contributed by atoms with Gasteiger partial charge in [0, 0.05) is 44.3 Å². The Kier molecular flexibility index (Phi) is 4.26. The van der Waals surface area contributed by atoms with E-state index >= 15 is 0 Å². The molecule has 0 bridgehead atoms. The number of nitrogens with zero attached hydrogens (tertiary/aromatic N) is 5. The van der Waals surface area contributed by atoms with Crippen molar-refractivity contribution < 1.29 is 5.11 Å². The van der Waals surface area contributed by atoms with Crippen LogP contribution in [0.4, 0.5) is 0 Å². The minimum Gasteiger partial charge on any atom is -0.395 e. The molecule has 2 aromatic heterocycles. The standard InChI is InChI=1S/C15H21N5O/c1-19-9-6-18-15(19)14-13(16-4-5-17-14)12-2-7-20(8-3-12)10-11-21/h4-6,9,12,21H,2-3,7-8,10-11H2,1H3. The minimum absolute atomic E-state index is 0.230. The Hall–Kier alpha value is -1.79. The van der Waals surface area contributed by atoms with E-state index < -0.39 is 0 Å². The molecule has 0 atom stereocenters. The highest BCUT2D eigenvalue weighted by Crippen LogP contribution is 2.31. The molecule has 1 fully saturated rings. The molecule has 0 radical (unpaired) electrons. The summed E-state index contributed by atoms with van der Waals surface area (Å²) in [6.07, 6.45) is 9.32. The number of aliphatic hydroxyl groups is 1. The van der Waals surface area contributed by atoms with Crippen LogP contribution < -0.4 is 0 Å². The molecule has 3 rings (SSSR count). The number of aliphatic hydroxyl groups excluding tert-OH is 1. The molecule has 1 aliphatic heterocycles. The van der Waals surface area contributed by atoms with Crippen LogP contribution >= 0.6 is 0 Å². The fraction of sp³-hybridized carbons (Fsp3) is 0.533. The number of β-amino-alcohol motifs (C(OH)–C–C–N with tert-alkyl or cyclic N) is 1. The maximum Gasteiger partial charge on any atom is 0.160 e. The SMILES string of the molecule is Cn1ccnc1-c1nccnc1C1CCN(CCO)CC1. The molecule has 0 amide bonds. The van der Waals surface area contributed by atoms with Gasteiger partial charge in [-0.05, 0) is 25.9 Å². The Balaban J connectivity index is 1.82. The van der Waals surface area contributed by atoms with E-state index in [1.807, 2.05) is 17.8 Å². The Bertz CT molecular complexity index is 589. The summed E-state index contributed by atoms with van der Waals surface area (Å²) in [5, 5.41) is 9.03. The lowest BCUT2D eigenvalue weighted by Crippen LogP contribution is -2.35. The maximum absolute atomic E-state index is 9.03. The van der Waals surface area contributed by atoms with Gasteiger partial charge < -0.3 is 14.6 Å². The van der Waals surface area contributed by atoms with E-state index in [0.717, 1.165) is 49.7 Å². The third-order valence-electron chi connectivity index (χ3n) is 4.15. The van der Waals surface area contributed by atoms with Crippen molar-refractivity contribution in [3.8, 4) is 11.5 Å². The van der Waals surface area contributed by atoms with Crippen molar-refractivity contribution in [3.63, 3.8) is 0 Å². The van der Waals surface area contributed by atoms with Gasteiger partial charge in [-0.2, -0.15) is 0 Å². The van der Waals surface area contributed by atoms with E-state index in [1.54, 1.807) is 18.6 Å². The second kappa shape index (κ2) is 6.32. The van der Waals surface area contributed by atoms with Crippen LogP contribution in [-0.4, -0.2) is 55.8 Å². The summed E-state index contributed by atoms with van der Waals surface area (Å²) in [5.41, 5.74) is 1.95. The number of hydrogen-bond acceptors (Lipinski definition) is 5. The Morgan fingerprint density at radius 1 is 1.14 bits per heavy atom. The van der Waals surface area contributed by atoms with Crippen molar-refractivity contribution in [1.29, 1.82) is 0 Å². The third-order valence-corrected chi connectivity index (χ3v) is 4.15. The van der Waals surface area contributed by atoms with Crippen molar-refractivity contribution in [2.45, 2.75) is 18.8 Å². The minimum atomic E-state index is 0.230. The lowest BCUT2D eigenvalue weighted by Gasteiger charge is -2.31. The van der Waals surface area contributed by atoms with Gasteiger partial charge in [-0.15, -0.1) is 0 Å². The molecule has 1 aliphatic rings. The summed E-state index contributed by atoms with van der Waals surface area (Å²) >= 11 is 0. The summed E-state index contributed by atoms with van der Waals surface area (Å²) in [6, 6.07) is 0. The fourth-order valence-corrected chi connectivity index (χ4v) is 2.99. The van der Waals surface area contributed by atoms with Crippen LogP contribution in [-0.2, 0) is 7.05 Å². The normalized spacial score (nSPS) is 17.2. The monoisotopic (exact) mass is 287 g/mol. The van der Waals surface area contributed by atoms with E-state index in [-0.39, 0.29) is 6.61 Å². The summed E-state index contributed by atoms with van der Waals surface area (Å²) < 4.78 is 1.98. The molecule has 0 spiro atoms. The van der Waals surface area contributed by atoms with Gasteiger partial charge in [0.2, 0.25) is 0 Å². The van der Waals surface area contributed by atoms with E-state index in [4.69, 9.17) is 5.11 Å². The molecule has 6 heteroatoms. The molecule has 21 heavy (non-hydrogen) atoms. The number of aromatic nitrogens is 4. The molecular weight excluding hydrogens is 266 g/mol. The second-order valence-electron chi connectivity index (χ2n) is 5.49. The van der Waals surface area contributed by atoms with Gasteiger partial charge in [-0.25, -0.2) is 9.97 Å². The zero-order chi connectivity index (χ0) is 14.7. The average Bonchev–Trinajstić information content (AvgIpc) is 2.94. The molecule has 112 valence electrons. The van der Waals surface area contributed by atoms with Crippen molar-refractivity contribution >= 4 is 0 Å². The molecule has 2 aromatic rings. The van der Waals surface area contributed by atoms with Gasteiger partial charge >= 0.3 is 0 Å². The predicted octanol–water partition coefficient (Wildman–Crippen LogP) is 1.05. The van der Waals surface area contributed by atoms with Gasteiger partial charge in [-0.3, -0.25) is 4.98 Å². The summed E-state index contributed by atoms with van der Waals surface area (Å²) in [7, 11) is 1.98. The van der Waals surface area contributed by atoms with Gasteiger partial charge in [-0.1, -0.05) is 0 Å². The zero-order valence-electron chi connectivity index (χ0n) is 12.3. The van der Waals surface area contributed by atoms with Crippen LogP contribution in [0.25, 0.3) is 11.5 Å². The highest BCUT2D eigenvalue weighted by molar-refractivity contribution is 5.54. The third kappa shape index (κ3) is 2.96. The number of piperidine rings is 1. The van der Waals surface area contributed by atoms with Gasteiger partial charge in [0.05, 0.1) is 12.3 Å². The largest absolute Gasteiger partial charge is 0.395 e. The predicted molar refractivity (Wildman–Crippen MR) is 79.7 cm³/mol. The number of imidazole rings is 1. The van der Waals surface area contributed by atoms with Crippen molar-refractivity contribution in [1.82, 2.24) is 24.4 Å². The van der Waals surface area contributed by atoms with Gasteiger partial charge in [0.15, 0.2) is 5.82 Å². The summed E-state index contributed by atoms with van der Waals surface area (Å²) in [5.74, 6) is 1.29.